The van der Waals surface area contributed by atoms with E-state index in [1.807, 2.05) is 20.8 Å². The summed E-state index contributed by atoms with van der Waals surface area (Å²) in [7, 11) is 0. The van der Waals surface area contributed by atoms with Gasteiger partial charge in [0, 0.05) is 11.3 Å². The molecule has 22 heavy (non-hydrogen) atoms. The maximum atomic E-state index is 12.1. The normalized spacial score (nSPS) is 16.1. The van der Waals surface area contributed by atoms with Gasteiger partial charge in [0.1, 0.15) is 5.82 Å². The molecule has 120 valence electrons. The SMILES string of the molecule is CC(C)(C)C(=O)Nc1ccc(NC(=O)C2CCCCC2)nc1. The molecular weight excluding hydrogens is 278 g/mol. The summed E-state index contributed by atoms with van der Waals surface area (Å²) in [4.78, 5) is 28.2. The molecule has 0 saturated heterocycles. The monoisotopic (exact) mass is 303 g/mol. The third-order valence-corrected chi connectivity index (χ3v) is 3.93. The molecule has 2 amide bonds. The zero-order valence-electron chi connectivity index (χ0n) is 13.6. The van der Waals surface area contributed by atoms with E-state index in [1.165, 1.54) is 6.42 Å². The van der Waals surface area contributed by atoms with Gasteiger partial charge in [0.2, 0.25) is 11.8 Å². The summed E-state index contributed by atoms with van der Waals surface area (Å²) in [5, 5.41) is 5.67. The summed E-state index contributed by atoms with van der Waals surface area (Å²) in [6.45, 7) is 5.57. The Morgan fingerprint density at radius 1 is 1.09 bits per heavy atom. The van der Waals surface area contributed by atoms with Crippen LogP contribution in [0.2, 0.25) is 0 Å². The molecule has 1 aliphatic carbocycles. The quantitative estimate of drug-likeness (QED) is 0.896. The minimum atomic E-state index is -0.451. The molecule has 0 aliphatic heterocycles. The van der Waals surface area contributed by atoms with E-state index < -0.39 is 5.41 Å². The van der Waals surface area contributed by atoms with E-state index in [9.17, 15) is 9.59 Å². The molecule has 1 heterocycles. The van der Waals surface area contributed by atoms with Crippen LogP contribution in [0.3, 0.4) is 0 Å². The number of rotatable bonds is 3. The zero-order valence-corrected chi connectivity index (χ0v) is 13.6. The van der Waals surface area contributed by atoms with E-state index in [-0.39, 0.29) is 17.7 Å². The van der Waals surface area contributed by atoms with Crippen LogP contribution in [-0.4, -0.2) is 16.8 Å². The summed E-state index contributed by atoms with van der Waals surface area (Å²) in [5.74, 6) is 0.632. The maximum Gasteiger partial charge on any atom is 0.229 e. The Morgan fingerprint density at radius 2 is 1.77 bits per heavy atom. The first-order chi connectivity index (χ1) is 10.4. The van der Waals surface area contributed by atoms with Gasteiger partial charge in [0.25, 0.3) is 0 Å². The van der Waals surface area contributed by atoms with Crippen LogP contribution in [0, 0.1) is 11.3 Å². The Hall–Kier alpha value is -1.91. The van der Waals surface area contributed by atoms with Crippen molar-refractivity contribution in [2.24, 2.45) is 11.3 Å². The van der Waals surface area contributed by atoms with Gasteiger partial charge < -0.3 is 10.6 Å². The highest BCUT2D eigenvalue weighted by Crippen LogP contribution is 2.25. The minimum absolute atomic E-state index is 0.0543. The molecule has 0 bridgehead atoms. The molecular formula is C17H25N3O2. The lowest BCUT2D eigenvalue weighted by molar-refractivity contribution is -0.123. The van der Waals surface area contributed by atoms with Gasteiger partial charge in [-0.05, 0) is 25.0 Å². The van der Waals surface area contributed by atoms with Gasteiger partial charge in [0.15, 0.2) is 0 Å². The van der Waals surface area contributed by atoms with Gasteiger partial charge in [0.05, 0.1) is 11.9 Å². The van der Waals surface area contributed by atoms with E-state index in [0.717, 1.165) is 25.7 Å². The standard InChI is InChI=1S/C17H25N3O2/c1-17(2,3)16(22)19-13-9-10-14(18-11-13)20-15(21)12-7-5-4-6-8-12/h9-12H,4-8H2,1-3H3,(H,19,22)(H,18,20,21). The summed E-state index contributed by atoms with van der Waals surface area (Å²) in [5.41, 5.74) is 0.184. The van der Waals surface area contributed by atoms with Gasteiger partial charge in [-0.2, -0.15) is 0 Å². The number of nitrogens with zero attached hydrogens (tertiary/aromatic N) is 1. The molecule has 2 N–H and O–H groups in total. The van der Waals surface area contributed by atoms with Crippen molar-refractivity contribution in [3.8, 4) is 0 Å². The molecule has 1 aromatic heterocycles. The fourth-order valence-corrected chi connectivity index (χ4v) is 2.45. The van der Waals surface area contributed by atoms with Crippen LogP contribution in [0.5, 0.6) is 0 Å². The minimum Gasteiger partial charge on any atom is -0.324 e. The first-order valence-corrected chi connectivity index (χ1v) is 7.94. The van der Waals surface area contributed by atoms with Gasteiger partial charge in [-0.25, -0.2) is 4.98 Å². The lowest BCUT2D eigenvalue weighted by atomic mass is 9.89. The average molecular weight is 303 g/mol. The molecule has 0 spiro atoms. The van der Waals surface area contributed by atoms with Crippen molar-refractivity contribution in [3.05, 3.63) is 18.3 Å². The van der Waals surface area contributed by atoms with Gasteiger partial charge in [-0.15, -0.1) is 0 Å². The Kier molecular flexibility index (Phi) is 5.16. The van der Waals surface area contributed by atoms with Crippen LogP contribution in [-0.2, 0) is 9.59 Å². The maximum absolute atomic E-state index is 12.1. The Bertz CT molecular complexity index is 526. The fourth-order valence-electron chi connectivity index (χ4n) is 2.45. The number of pyridine rings is 1. The Balaban J connectivity index is 1.91. The van der Waals surface area contributed by atoms with E-state index in [4.69, 9.17) is 0 Å². The number of amides is 2. The van der Waals surface area contributed by atoms with Gasteiger partial charge in [-0.1, -0.05) is 40.0 Å². The number of hydrogen-bond donors (Lipinski definition) is 2. The predicted molar refractivity (Wildman–Crippen MR) is 87.5 cm³/mol. The molecule has 1 aromatic rings. The van der Waals surface area contributed by atoms with Crippen LogP contribution in [0.1, 0.15) is 52.9 Å². The summed E-state index contributed by atoms with van der Waals surface area (Å²) < 4.78 is 0. The van der Waals surface area contributed by atoms with Crippen LogP contribution in [0.15, 0.2) is 18.3 Å². The predicted octanol–water partition coefficient (Wildman–Crippen LogP) is 3.59. The third kappa shape index (κ3) is 4.55. The van der Waals surface area contributed by atoms with Crippen LogP contribution in [0.4, 0.5) is 11.5 Å². The first-order valence-electron chi connectivity index (χ1n) is 7.94. The van der Waals surface area contributed by atoms with Gasteiger partial charge in [-0.3, -0.25) is 9.59 Å². The molecule has 1 saturated carbocycles. The summed E-state index contributed by atoms with van der Waals surface area (Å²) in [6.07, 6.45) is 6.98. The average Bonchev–Trinajstić information content (AvgIpc) is 2.49. The van der Waals surface area contributed by atoms with E-state index in [0.29, 0.717) is 11.5 Å². The van der Waals surface area contributed by atoms with Crippen molar-refractivity contribution in [3.63, 3.8) is 0 Å². The highest BCUT2D eigenvalue weighted by molar-refractivity contribution is 5.95. The molecule has 2 rings (SSSR count). The van der Waals surface area contributed by atoms with Crippen molar-refractivity contribution >= 4 is 23.3 Å². The van der Waals surface area contributed by atoms with Crippen LogP contribution < -0.4 is 10.6 Å². The summed E-state index contributed by atoms with van der Waals surface area (Å²) in [6, 6.07) is 3.48. The lowest BCUT2D eigenvalue weighted by Crippen LogP contribution is -2.27. The van der Waals surface area contributed by atoms with Crippen molar-refractivity contribution in [2.75, 3.05) is 10.6 Å². The molecule has 0 atom stereocenters. The Labute approximate surface area is 131 Å². The Morgan fingerprint density at radius 3 is 2.32 bits per heavy atom. The van der Waals surface area contributed by atoms with Crippen molar-refractivity contribution in [2.45, 2.75) is 52.9 Å². The molecule has 0 unspecified atom stereocenters. The first kappa shape index (κ1) is 16.5. The number of nitrogens with one attached hydrogen (secondary N) is 2. The zero-order chi connectivity index (χ0) is 16.2. The second kappa shape index (κ2) is 6.90. The smallest absolute Gasteiger partial charge is 0.229 e. The van der Waals surface area contributed by atoms with Crippen LogP contribution >= 0.6 is 0 Å². The van der Waals surface area contributed by atoms with Crippen molar-refractivity contribution in [1.82, 2.24) is 4.98 Å². The number of anilines is 2. The molecule has 0 aromatic carbocycles. The highest BCUT2D eigenvalue weighted by Gasteiger charge is 2.22. The topological polar surface area (TPSA) is 71.1 Å². The second-order valence-electron chi connectivity index (χ2n) is 6.96. The summed E-state index contributed by atoms with van der Waals surface area (Å²) >= 11 is 0. The van der Waals surface area contributed by atoms with Crippen molar-refractivity contribution in [1.29, 1.82) is 0 Å². The lowest BCUT2D eigenvalue weighted by Gasteiger charge is -2.20. The molecule has 1 aliphatic rings. The largest absolute Gasteiger partial charge is 0.324 e. The highest BCUT2D eigenvalue weighted by atomic mass is 16.2. The third-order valence-electron chi connectivity index (χ3n) is 3.93. The van der Waals surface area contributed by atoms with E-state index in [2.05, 4.69) is 15.6 Å². The van der Waals surface area contributed by atoms with E-state index >= 15 is 0 Å². The number of carbonyl (C=O) groups excluding carboxylic acids is 2. The van der Waals surface area contributed by atoms with Gasteiger partial charge >= 0.3 is 0 Å². The van der Waals surface area contributed by atoms with Crippen molar-refractivity contribution < 1.29 is 9.59 Å². The number of carbonyl (C=O) groups is 2. The number of hydrogen-bond acceptors (Lipinski definition) is 3. The fraction of sp³-hybridized carbons (Fsp3) is 0.588. The number of aromatic nitrogens is 1. The molecule has 5 heteroatoms. The second-order valence-corrected chi connectivity index (χ2v) is 6.96. The molecule has 0 radical (unpaired) electrons. The molecule has 1 fully saturated rings. The van der Waals surface area contributed by atoms with Crippen LogP contribution in [0.25, 0.3) is 0 Å². The molecule has 5 nitrogen and oxygen atoms in total. The van der Waals surface area contributed by atoms with E-state index in [1.54, 1.807) is 18.3 Å².